The molecule has 3 amide bonds. The minimum atomic E-state index is -6.04. The molecule has 14 heteroatoms. The summed E-state index contributed by atoms with van der Waals surface area (Å²) >= 11 is 0. The van der Waals surface area contributed by atoms with Crippen LogP contribution in [0.3, 0.4) is 0 Å². The number of amides is 3. The molecule has 5 rings (SSSR count). The van der Waals surface area contributed by atoms with Crippen LogP contribution in [0.1, 0.15) is 67.3 Å². The van der Waals surface area contributed by atoms with Gasteiger partial charge in [0.15, 0.2) is 11.5 Å². The molecule has 0 spiro atoms. The summed E-state index contributed by atoms with van der Waals surface area (Å²) in [5, 5.41) is 13.1. The molecule has 2 heterocycles. The Morgan fingerprint density at radius 2 is 1.52 bits per heavy atom. The van der Waals surface area contributed by atoms with Gasteiger partial charge in [0.05, 0.1) is 6.61 Å². The van der Waals surface area contributed by atoms with Gasteiger partial charge in [-0.05, 0) is 85.0 Å². The zero-order chi connectivity index (χ0) is 36.3. The summed E-state index contributed by atoms with van der Waals surface area (Å²) in [7, 11) is 0. The normalized spacial score (nSPS) is 17.7. The molecule has 1 fully saturated rings. The molecule has 1 saturated heterocycles. The van der Waals surface area contributed by atoms with Crippen molar-refractivity contribution >= 4 is 11.9 Å². The minimum absolute atomic E-state index is 0.00192. The largest absolute Gasteiger partial charge is 0.493 e. The quantitative estimate of drug-likeness (QED) is 0.102. The van der Waals surface area contributed by atoms with Crippen molar-refractivity contribution in [2.75, 3.05) is 19.9 Å². The third kappa shape index (κ3) is 6.94. The van der Waals surface area contributed by atoms with Crippen LogP contribution in [0.15, 0.2) is 60.7 Å². The molecule has 0 bridgehead atoms. The van der Waals surface area contributed by atoms with Gasteiger partial charge in [-0.3, -0.25) is 9.69 Å². The molecule has 1 atom stereocenters. The van der Waals surface area contributed by atoms with Gasteiger partial charge < -0.3 is 24.6 Å². The number of rotatable bonds is 14. The molecule has 2 aliphatic heterocycles. The van der Waals surface area contributed by atoms with Crippen molar-refractivity contribution in [3.8, 4) is 17.2 Å². The Bertz CT molecular complexity index is 1680. The summed E-state index contributed by atoms with van der Waals surface area (Å²) in [5.74, 6) is 0.717. The van der Waals surface area contributed by atoms with Crippen molar-refractivity contribution in [1.29, 1.82) is 0 Å². The Balaban J connectivity index is 1.33. The highest BCUT2D eigenvalue weighted by atomic mass is 19.4. The van der Waals surface area contributed by atoms with Crippen LogP contribution in [-0.2, 0) is 35.2 Å². The van der Waals surface area contributed by atoms with E-state index in [9.17, 15) is 41.0 Å². The van der Waals surface area contributed by atoms with Gasteiger partial charge in [-0.15, -0.1) is 0 Å². The van der Waals surface area contributed by atoms with Gasteiger partial charge in [-0.2, -0.15) is 26.3 Å². The van der Waals surface area contributed by atoms with E-state index in [2.05, 4.69) is 5.32 Å². The molecule has 0 saturated carbocycles. The third-order valence-corrected chi connectivity index (χ3v) is 9.12. The first-order valence-corrected chi connectivity index (χ1v) is 16.4. The zero-order valence-corrected chi connectivity index (χ0v) is 27.5. The molecule has 2 N–H and O–H groups in total. The van der Waals surface area contributed by atoms with Crippen molar-refractivity contribution in [2.24, 2.45) is 0 Å². The van der Waals surface area contributed by atoms with E-state index in [1.807, 2.05) is 0 Å². The Morgan fingerprint density at radius 1 is 0.860 bits per heavy atom. The van der Waals surface area contributed by atoms with E-state index in [-0.39, 0.29) is 62.5 Å². The molecule has 2 aliphatic rings. The number of urea groups is 1. The first-order valence-electron chi connectivity index (χ1n) is 16.4. The van der Waals surface area contributed by atoms with E-state index >= 15 is 0 Å². The number of hydrogen-bond acceptors (Lipinski definition) is 6. The number of nitrogens with zero attached hydrogens (tertiary/aromatic N) is 1. The van der Waals surface area contributed by atoms with Crippen LogP contribution >= 0.6 is 0 Å². The number of imide groups is 1. The molecular formula is C36H38F6N2O6. The molecular weight excluding hydrogens is 670 g/mol. The standard InChI is InChI=1S/C36H38F6N2O6/c1-3-10-24-19-27(34(47,35(37,38)39)36(40,41)42)20-25(14-13-23-11-6-5-7-12-23)30(24)48-18-9-8-17-44-31(45)33(4-2,43-32(44)46)26-15-16-28-29(21-26)50-22-49-28/h5-7,11-12,15-16,19-21,47H,3-4,8-10,13-14,17-18,22H2,1-2H3,(H,43,46). The lowest BCUT2D eigenvalue weighted by Gasteiger charge is -2.33. The van der Waals surface area contributed by atoms with Gasteiger partial charge >= 0.3 is 18.4 Å². The minimum Gasteiger partial charge on any atom is -0.493 e. The number of carbonyl (C=O) groups excluding carboxylic acids is 2. The van der Waals surface area contributed by atoms with Crippen LogP contribution in [0.4, 0.5) is 31.1 Å². The van der Waals surface area contributed by atoms with Crippen LogP contribution in [0.25, 0.3) is 0 Å². The molecule has 270 valence electrons. The molecule has 8 nitrogen and oxygen atoms in total. The Labute approximate surface area is 285 Å². The maximum atomic E-state index is 13.9. The summed E-state index contributed by atoms with van der Waals surface area (Å²) in [6.07, 6.45) is -10.4. The lowest BCUT2D eigenvalue weighted by Crippen LogP contribution is -2.54. The zero-order valence-electron chi connectivity index (χ0n) is 27.5. The van der Waals surface area contributed by atoms with Crippen LogP contribution in [-0.4, -0.2) is 54.2 Å². The average molecular weight is 709 g/mol. The predicted molar refractivity (Wildman–Crippen MR) is 170 cm³/mol. The fourth-order valence-electron chi connectivity index (χ4n) is 6.38. The monoisotopic (exact) mass is 708 g/mol. The van der Waals surface area contributed by atoms with Crippen LogP contribution in [0.5, 0.6) is 17.2 Å². The second-order valence-corrected chi connectivity index (χ2v) is 12.3. The molecule has 3 aromatic carbocycles. The van der Waals surface area contributed by atoms with Gasteiger partial charge in [-0.1, -0.05) is 56.7 Å². The number of nitrogens with one attached hydrogen (secondary N) is 1. The lowest BCUT2D eigenvalue weighted by atomic mass is 9.87. The highest BCUT2D eigenvalue weighted by molar-refractivity contribution is 6.07. The van der Waals surface area contributed by atoms with E-state index < -0.39 is 41.0 Å². The Hall–Kier alpha value is -4.46. The van der Waals surface area contributed by atoms with Gasteiger partial charge in [0, 0.05) is 12.1 Å². The van der Waals surface area contributed by atoms with Gasteiger partial charge in [0.25, 0.3) is 11.5 Å². The summed E-state index contributed by atoms with van der Waals surface area (Å²) < 4.78 is 100. The van der Waals surface area contributed by atoms with Crippen LogP contribution in [0, 0.1) is 0 Å². The smallest absolute Gasteiger partial charge is 0.430 e. The number of carbonyl (C=O) groups is 2. The van der Waals surface area contributed by atoms with E-state index in [0.717, 1.165) is 22.6 Å². The maximum Gasteiger partial charge on any atom is 0.430 e. The first-order chi connectivity index (χ1) is 23.7. The van der Waals surface area contributed by atoms with Crippen molar-refractivity contribution in [1.82, 2.24) is 10.2 Å². The fourth-order valence-corrected chi connectivity index (χ4v) is 6.38. The lowest BCUT2D eigenvalue weighted by molar-refractivity contribution is -0.376. The second kappa shape index (κ2) is 14.4. The number of fused-ring (bicyclic) bond motifs is 1. The predicted octanol–water partition coefficient (Wildman–Crippen LogP) is 7.48. The molecule has 50 heavy (non-hydrogen) atoms. The summed E-state index contributed by atoms with van der Waals surface area (Å²) in [6.45, 7) is 3.60. The molecule has 1 unspecified atom stereocenters. The number of benzene rings is 3. The van der Waals surface area contributed by atoms with E-state index in [1.165, 1.54) is 0 Å². The number of halogens is 6. The topological polar surface area (TPSA) is 97.3 Å². The van der Waals surface area contributed by atoms with E-state index in [4.69, 9.17) is 14.2 Å². The summed E-state index contributed by atoms with van der Waals surface area (Å²) in [4.78, 5) is 27.7. The SMILES string of the molecule is CCCc1cc(C(O)(C(F)(F)F)C(F)(F)F)cc(CCc2ccccc2)c1OCCCCN1C(=O)NC(CC)(c2ccc3c(c2)OCO3)C1=O. The van der Waals surface area contributed by atoms with Gasteiger partial charge in [0.1, 0.15) is 11.3 Å². The Kier molecular flexibility index (Phi) is 10.6. The molecule has 0 radical (unpaired) electrons. The number of aryl methyl sites for hydroxylation is 3. The summed E-state index contributed by atoms with van der Waals surface area (Å²) in [5.41, 5.74) is -6.16. The van der Waals surface area contributed by atoms with Crippen molar-refractivity contribution in [3.63, 3.8) is 0 Å². The number of aliphatic hydroxyl groups is 1. The van der Waals surface area contributed by atoms with Gasteiger partial charge in [0.2, 0.25) is 6.79 Å². The van der Waals surface area contributed by atoms with Crippen molar-refractivity contribution in [3.05, 3.63) is 88.5 Å². The average Bonchev–Trinajstić information content (AvgIpc) is 3.64. The van der Waals surface area contributed by atoms with Crippen LogP contribution in [0.2, 0.25) is 0 Å². The molecule has 0 aliphatic carbocycles. The number of ether oxygens (including phenoxy) is 3. The highest BCUT2D eigenvalue weighted by Crippen LogP contribution is 2.51. The fraction of sp³-hybridized carbons (Fsp3) is 0.444. The molecule has 3 aromatic rings. The van der Waals surface area contributed by atoms with E-state index in [0.29, 0.717) is 36.3 Å². The first kappa shape index (κ1) is 36.8. The molecule has 0 aromatic heterocycles. The third-order valence-electron chi connectivity index (χ3n) is 9.12. The number of unbranched alkanes of at least 4 members (excludes halogenated alkanes) is 1. The summed E-state index contributed by atoms with van der Waals surface area (Å²) in [6, 6.07) is 14.8. The highest BCUT2D eigenvalue weighted by Gasteiger charge is 2.71. The second-order valence-electron chi connectivity index (χ2n) is 12.3. The number of alkyl halides is 6. The van der Waals surface area contributed by atoms with Crippen molar-refractivity contribution < 1.29 is 55.2 Å². The Morgan fingerprint density at radius 3 is 2.16 bits per heavy atom. The van der Waals surface area contributed by atoms with Gasteiger partial charge in [-0.25, -0.2) is 4.79 Å². The maximum absolute atomic E-state index is 13.9. The number of hydrogen-bond donors (Lipinski definition) is 2. The van der Waals surface area contributed by atoms with E-state index in [1.54, 1.807) is 62.4 Å². The van der Waals surface area contributed by atoms with Crippen molar-refractivity contribution in [2.45, 2.75) is 82.3 Å². The van der Waals surface area contributed by atoms with Crippen LogP contribution < -0.4 is 19.5 Å².